The molecule has 0 radical (unpaired) electrons. The highest BCUT2D eigenvalue weighted by Gasteiger charge is 2.34. The van der Waals surface area contributed by atoms with Gasteiger partial charge in [0.25, 0.3) is 0 Å². The maximum Gasteiger partial charge on any atom is 0.433 e. The van der Waals surface area contributed by atoms with E-state index in [-0.39, 0.29) is 10.9 Å². The molecule has 2 nitrogen and oxygen atoms in total. The second-order valence-corrected chi connectivity index (χ2v) is 4.72. The highest BCUT2D eigenvalue weighted by atomic mass is 35.5. The van der Waals surface area contributed by atoms with Gasteiger partial charge in [-0.3, -0.25) is 0 Å². The van der Waals surface area contributed by atoms with Crippen LogP contribution in [-0.4, -0.2) is 12.1 Å². The normalized spacial score (nSPS) is 11.5. The molecule has 0 aliphatic heterocycles. The smallest absolute Gasteiger partial charge is 0.433 e. The molecular formula is C13H8Cl2F3NO. The molecule has 0 saturated heterocycles. The molecule has 20 heavy (non-hydrogen) atoms. The summed E-state index contributed by atoms with van der Waals surface area (Å²) in [7, 11) is 1.23. The molecule has 0 atom stereocenters. The number of methoxy groups -OCH3 is 1. The number of hydrogen-bond donors (Lipinski definition) is 0. The van der Waals surface area contributed by atoms with Crippen LogP contribution < -0.4 is 4.74 Å². The first-order valence-corrected chi connectivity index (χ1v) is 6.16. The third kappa shape index (κ3) is 2.99. The Bertz CT molecular complexity index is 627. The van der Waals surface area contributed by atoms with Gasteiger partial charge in [0.2, 0.25) is 5.88 Å². The van der Waals surface area contributed by atoms with E-state index < -0.39 is 11.9 Å². The lowest BCUT2D eigenvalue weighted by molar-refractivity contribution is -0.141. The number of pyridine rings is 1. The van der Waals surface area contributed by atoms with Crippen molar-refractivity contribution in [3.05, 3.63) is 46.1 Å². The van der Waals surface area contributed by atoms with Crippen molar-refractivity contribution in [3.8, 4) is 17.0 Å². The predicted molar refractivity (Wildman–Crippen MR) is 71.2 cm³/mol. The number of nitrogens with zero attached hydrogens (tertiary/aromatic N) is 1. The maximum absolute atomic E-state index is 12.7. The molecule has 106 valence electrons. The molecule has 0 aliphatic carbocycles. The minimum Gasteiger partial charge on any atom is -0.480 e. The third-order valence-corrected chi connectivity index (χ3v) is 3.10. The molecule has 0 aliphatic rings. The highest BCUT2D eigenvalue weighted by Crippen LogP contribution is 2.39. The van der Waals surface area contributed by atoms with E-state index in [0.29, 0.717) is 16.1 Å². The molecule has 1 aromatic heterocycles. The molecule has 0 fully saturated rings. The van der Waals surface area contributed by atoms with Crippen molar-refractivity contribution in [1.82, 2.24) is 4.98 Å². The van der Waals surface area contributed by atoms with Crippen molar-refractivity contribution in [2.75, 3.05) is 7.11 Å². The zero-order valence-electron chi connectivity index (χ0n) is 10.1. The van der Waals surface area contributed by atoms with Gasteiger partial charge < -0.3 is 4.74 Å². The summed E-state index contributed by atoms with van der Waals surface area (Å²) in [6.45, 7) is 0. The van der Waals surface area contributed by atoms with E-state index in [0.717, 1.165) is 6.07 Å². The largest absolute Gasteiger partial charge is 0.480 e. The number of aromatic nitrogens is 1. The van der Waals surface area contributed by atoms with Crippen molar-refractivity contribution in [2.24, 2.45) is 0 Å². The summed E-state index contributed by atoms with van der Waals surface area (Å²) in [5.74, 6) is -0.188. The predicted octanol–water partition coefficient (Wildman–Crippen LogP) is 5.08. The molecule has 0 unspecified atom stereocenters. The van der Waals surface area contributed by atoms with E-state index in [1.54, 1.807) is 24.3 Å². The first-order valence-electron chi connectivity index (χ1n) is 5.40. The van der Waals surface area contributed by atoms with Gasteiger partial charge in [-0.1, -0.05) is 35.3 Å². The Morgan fingerprint density at radius 3 is 2.20 bits per heavy atom. The Balaban J connectivity index is 2.62. The fourth-order valence-electron chi connectivity index (χ4n) is 1.66. The second kappa shape index (κ2) is 5.50. The standard InChI is InChI=1S/C13H8Cl2F3NO/c1-20-12-11(7-2-4-8(14)5-3-7)9(15)6-10(19-12)13(16,17)18/h2-6H,1H3. The summed E-state index contributed by atoms with van der Waals surface area (Å²) in [5, 5.41) is 0.412. The van der Waals surface area contributed by atoms with E-state index in [4.69, 9.17) is 27.9 Å². The third-order valence-electron chi connectivity index (χ3n) is 2.55. The highest BCUT2D eigenvalue weighted by molar-refractivity contribution is 6.34. The van der Waals surface area contributed by atoms with Crippen LogP contribution in [0.25, 0.3) is 11.1 Å². The topological polar surface area (TPSA) is 22.1 Å². The fraction of sp³-hybridized carbons (Fsp3) is 0.154. The van der Waals surface area contributed by atoms with E-state index >= 15 is 0 Å². The van der Waals surface area contributed by atoms with Gasteiger partial charge in [-0.15, -0.1) is 0 Å². The van der Waals surface area contributed by atoms with Gasteiger partial charge >= 0.3 is 6.18 Å². The monoisotopic (exact) mass is 321 g/mol. The molecule has 1 aromatic carbocycles. The van der Waals surface area contributed by atoms with Crippen molar-refractivity contribution < 1.29 is 17.9 Å². The van der Waals surface area contributed by atoms with Gasteiger partial charge in [0, 0.05) is 5.02 Å². The molecule has 0 saturated carbocycles. The molecule has 7 heteroatoms. The van der Waals surface area contributed by atoms with Crippen LogP contribution in [0.4, 0.5) is 13.2 Å². The Kier molecular flexibility index (Phi) is 4.11. The molecule has 2 rings (SSSR count). The number of benzene rings is 1. The maximum atomic E-state index is 12.7. The molecule has 0 amide bonds. The summed E-state index contributed by atoms with van der Waals surface area (Å²) in [6.07, 6.45) is -4.59. The number of halogens is 5. The zero-order chi connectivity index (χ0) is 14.9. The Hall–Kier alpha value is -1.46. The fourth-order valence-corrected chi connectivity index (χ4v) is 2.08. The van der Waals surface area contributed by atoms with Crippen molar-refractivity contribution >= 4 is 23.2 Å². The van der Waals surface area contributed by atoms with Gasteiger partial charge in [-0.05, 0) is 23.8 Å². The van der Waals surface area contributed by atoms with Crippen LogP contribution in [0.15, 0.2) is 30.3 Å². The van der Waals surface area contributed by atoms with Crippen molar-refractivity contribution in [3.63, 3.8) is 0 Å². The average molecular weight is 322 g/mol. The molecule has 1 heterocycles. The van der Waals surface area contributed by atoms with Crippen LogP contribution in [0.2, 0.25) is 10.0 Å². The molecular weight excluding hydrogens is 314 g/mol. The van der Waals surface area contributed by atoms with Crippen LogP contribution in [0.3, 0.4) is 0 Å². The summed E-state index contributed by atoms with van der Waals surface area (Å²) >= 11 is 11.7. The van der Waals surface area contributed by atoms with Crippen molar-refractivity contribution in [1.29, 1.82) is 0 Å². The number of ether oxygens (including phenoxy) is 1. The lowest BCUT2D eigenvalue weighted by Gasteiger charge is -2.13. The quantitative estimate of drug-likeness (QED) is 0.769. The number of hydrogen-bond acceptors (Lipinski definition) is 2. The first kappa shape index (κ1) is 14.9. The number of alkyl halides is 3. The van der Waals surface area contributed by atoms with Gasteiger partial charge in [-0.2, -0.15) is 13.2 Å². The Morgan fingerprint density at radius 1 is 1.10 bits per heavy atom. The molecule has 0 spiro atoms. The second-order valence-electron chi connectivity index (χ2n) is 3.88. The SMILES string of the molecule is COc1nc(C(F)(F)F)cc(Cl)c1-c1ccc(Cl)cc1. The zero-order valence-corrected chi connectivity index (χ0v) is 11.6. The van der Waals surface area contributed by atoms with E-state index in [1.807, 2.05) is 0 Å². The van der Waals surface area contributed by atoms with Crippen LogP contribution in [-0.2, 0) is 6.18 Å². The van der Waals surface area contributed by atoms with E-state index in [1.165, 1.54) is 7.11 Å². The summed E-state index contributed by atoms with van der Waals surface area (Å²) in [5.41, 5.74) is -0.242. The number of rotatable bonds is 2. The lowest BCUT2D eigenvalue weighted by Crippen LogP contribution is -2.09. The lowest BCUT2D eigenvalue weighted by atomic mass is 10.1. The summed E-state index contributed by atoms with van der Waals surface area (Å²) in [4.78, 5) is 3.46. The summed E-state index contributed by atoms with van der Waals surface area (Å²) < 4.78 is 42.9. The minimum absolute atomic E-state index is 0.0912. The van der Waals surface area contributed by atoms with Crippen LogP contribution in [0.1, 0.15) is 5.69 Å². The molecule has 0 N–H and O–H groups in total. The van der Waals surface area contributed by atoms with Crippen LogP contribution >= 0.6 is 23.2 Å². The van der Waals surface area contributed by atoms with Crippen LogP contribution in [0.5, 0.6) is 5.88 Å². The van der Waals surface area contributed by atoms with Gasteiger partial charge in [0.05, 0.1) is 17.7 Å². The van der Waals surface area contributed by atoms with Crippen molar-refractivity contribution in [2.45, 2.75) is 6.18 Å². The van der Waals surface area contributed by atoms with Gasteiger partial charge in [-0.25, -0.2) is 4.98 Å². The average Bonchev–Trinajstić information content (AvgIpc) is 2.38. The Labute approximate surface area is 123 Å². The first-order chi connectivity index (χ1) is 9.32. The molecule has 2 aromatic rings. The van der Waals surface area contributed by atoms with Gasteiger partial charge in [0.1, 0.15) is 5.69 Å². The van der Waals surface area contributed by atoms with Crippen LogP contribution in [0, 0.1) is 0 Å². The summed E-state index contributed by atoms with van der Waals surface area (Å²) in [6, 6.07) is 7.23. The van der Waals surface area contributed by atoms with E-state index in [9.17, 15) is 13.2 Å². The van der Waals surface area contributed by atoms with Gasteiger partial charge in [0.15, 0.2) is 0 Å². The molecule has 0 bridgehead atoms. The minimum atomic E-state index is -4.59. The Morgan fingerprint density at radius 2 is 1.70 bits per heavy atom. The van der Waals surface area contributed by atoms with E-state index in [2.05, 4.69) is 4.98 Å².